The molecule has 0 saturated carbocycles. The Morgan fingerprint density at radius 1 is 1.19 bits per heavy atom. The van der Waals surface area contributed by atoms with Crippen LogP contribution in [0.25, 0.3) is 0 Å². The molecule has 2 fully saturated rings. The maximum Gasteiger partial charge on any atom is 0.271 e. The van der Waals surface area contributed by atoms with Crippen molar-refractivity contribution < 1.29 is 9.59 Å². The monoisotopic (exact) mass is 458 g/mol. The second-order valence-electron chi connectivity index (χ2n) is 9.50. The molecule has 3 aliphatic rings. The number of hydrogen-bond acceptors (Lipinski definition) is 4. The lowest BCUT2D eigenvalue weighted by atomic mass is 10.00. The first-order valence-corrected chi connectivity index (χ1v) is 12.4. The molecular weight excluding hydrogens is 424 g/mol. The molecule has 4 rings (SSSR count). The van der Waals surface area contributed by atoms with Gasteiger partial charge in [0.2, 0.25) is 5.91 Å². The first-order chi connectivity index (χ1) is 15.5. The Bertz CT molecular complexity index is 856. The van der Waals surface area contributed by atoms with E-state index in [-0.39, 0.29) is 30.4 Å². The number of likely N-dealkylation sites (tertiary alicyclic amines) is 1. The lowest BCUT2D eigenvalue weighted by Crippen LogP contribution is -2.58. The van der Waals surface area contributed by atoms with Crippen LogP contribution >= 0.6 is 11.6 Å². The highest BCUT2D eigenvalue weighted by Crippen LogP contribution is 2.32. The molecule has 32 heavy (non-hydrogen) atoms. The Hall–Kier alpha value is -2.05. The fourth-order valence-corrected chi connectivity index (χ4v) is 5.18. The summed E-state index contributed by atoms with van der Waals surface area (Å²) in [6.45, 7) is 6.75. The summed E-state index contributed by atoms with van der Waals surface area (Å²) in [5.74, 6) is 0.550. The minimum absolute atomic E-state index is 0.0564. The van der Waals surface area contributed by atoms with E-state index in [0.29, 0.717) is 23.2 Å². The van der Waals surface area contributed by atoms with Gasteiger partial charge in [0.15, 0.2) is 0 Å². The molecular formula is C25H35ClN4O2. The van der Waals surface area contributed by atoms with Gasteiger partial charge in [-0.1, -0.05) is 56.8 Å². The van der Waals surface area contributed by atoms with E-state index in [4.69, 9.17) is 11.6 Å². The van der Waals surface area contributed by atoms with Crippen LogP contribution in [-0.2, 0) is 9.59 Å². The van der Waals surface area contributed by atoms with Crippen LogP contribution in [0.3, 0.4) is 0 Å². The Morgan fingerprint density at radius 3 is 2.69 bits per heavy atom. The normalized spacial score (nSPS) is 25.7. The van der Waals surface area contributed by atoms with E-state index in [1.807, 2.05) is 35.2 Å². The zero-order valence-corrected chi connectivity index (χ0v) is 20.0. The molecule has 3 heterocycles. The number of carbonyl (C=O) groups excluding carboxylic acids is 2. The maximum absolute atomic E-state index is 13.4. The molecule has 1 N–H and O–H groups in total. The van der Waals surface area contributed by atoms with Crippen molar-refractivity contribution in [2.75, 3.05) is 26.2 Å². The average molecular weight is 459 g/mol. The fourth-order valence-electron chi connectivity index (χ4n) is 5.06. The van der Waals surface area contributed by atoms with Crippen molar-refractivity contribution in [1.82, 2.24) is 20.2 Å². The summed E-state index contributed by atoms with van der Waals surface area (Å²) >= 11 is 6.06. The number of halogens is 1. The molecule has 6 nitrogen and oxygen atoms in total. The Balaban J connectivity index is 1.51. The van der Waals surface area contributed by atoms with Gasteiger partial charge in [0.1, 0.15) is 12.2 Å². The molecule has 0 bridgehead atoms. The highest BCUT2D eigenvalue weighted by atomic mass is 35.5. The van der Waals surface area contributed by atoms with Crippen LogP contribution in [0.1, 0.15) is 64.0 Å². The topological polar surface area (TPSA) is 55.9 Å². The van der Waals surface area contributed by atoms with E-state index in [0.717, 1.165) is 44.3 Å². The largest absolute Gasteiger partial charge is 0.341 e. The number of hydrogen-bond donors (Lipinski definition) is 1. The van der Waals surface area contributed by atoms with Gasteiger partial charge in [-0.05, 0) is 49.0 Å². The van der Waals surface area contributed by atoms with Crippen LogP contribution in [0.2, 0.25) is 5.02 Å². The van der Waals surface area contributed by atoms with Crippen LogP contribution in [-0.4, -0.2) is 58.8 Å². The van der Waals surface area contributed by atoms with E-state index < -0.39 is 0 Å². The number of nitrogens with zero attached hydrogens (tertiary/aromatic N) is 3. The number of nitrogens with one attached hydrogen (secondary N) is 1. The second kappa shape index (κ2) is 10.3. The van der Waals surface area contributed by atoms with Crippen LogP contribution in [0.15, 0.2) is 36.0 Å². The van der Waals surface area contributed by atoms with E-state index >= 15 is 0 Å². The molecule has 2 amide bonds. The summed E-state index contributed by atoms with van der Waals surface area (Å²) in [6.07, 6.45) is 8.64. The van der Waals surface area contributed by atoms with Crippen molar-refractivity contribution >= 4 is 23.4 Å². The van der Waals surface area contributed by atoms with Crippen molar-refractivity contribution in [2.45, 2.75) is 64.5 Å². The standard InChI is InChI=1S/C25H35ClN4O2/c1-3-4-5-8-21-16-29(17-24(31)28-13-6-7-18(2)15-28)25(32)23-14-22(27-30(21)23)19-9-11-20(26)12-10-19/h9-12,14,18,21-22,27H,3-8,13,15-17H2,1-2H3/t18-,21?,22?/m0/s1. The average Bonchev–Trinajstić information content (AvgIpc) is 3.23. The number of unbranched alkanes of at least 4 members (excludes halogenated alkanes) is 2. The van der Waals surface area contributed by atoms with E-state index in [2.05, 4.69) is 24.3 Å². The Morgan fingerprint density at radius 2 is 1.97 bits per heavy atom. The predicted molar refractivity (Wildman–Crippen MR) is 127 cm³/mol. The summed E-state index contributed by atoms with van der Waals surface area (Å²) in [7, 11) is 0. The van der Waals surface area contributed by atoms with Crippen LogP contribution < -0.4 is 5.43 Å². The molecule has 0 radical (unpaired) electrons. The number of amides is 2. The zero-order valence-electron chi connectivity index (χ0n) is 19.2. The molecule has 3 atom stereocenters. The lowest BCUT2D eigenvalue weighted by Gasteiger charge is -2.42. The molecule has 0 spiro atoms. The molecule has 2 unspecified atom stereocenters. The van der Waals surface area contributed by atoms with E-state index in [1.54, 1.807) is 4.90 Å². The Kier molecular flexibility index (Phi) is 7.41. The van der Waals surface area contributed by atoms with Gasteiger partial charge >= 0.3 is 0 Å². The summed E-state index contributed by atoms with van der Waals surface area (Å²) < 4.78 is 0. The molecule has 2 saturated heterocycles. The number of benzene rings is 1. The SMILES string of the molecule is CCCCCC1CN(CC(=O)N2CCC[C@H](C)C2)C(=O)C2=CC(c3ccc(Cl)cc3)NN21. The van der Waals surface area contributed by atoms with Crippen molar-refractivity contribution in [3.63, 3.8) is 0 Å². The van der Waals surface area contributed by atoms with Gasteiger partial charge in [-0.3, -0.25) is 14.6 Å². The minimum atomic E-state index is -0.0708. The van der Waals surface area contributed by atoms with Crippen molar-refractivity contribution in [3.05, 3.63) is 46.6 Å². The quantitative estimate of drug-likeness (QED) is 0.624. The molecule has 174 valence electrons. The van der Waals surface area contributed by atoms with Crippen molar-refractivity contribution in [3.8, 4) is 0 Å². The first-order valence-electron chi connectivity index (χ1n) is 12.1. The van der Waals surface area contributed by atoms with Gasteiger partial charge in [0.25, 0.3) is 5.91 Å². The molecule has 1 aromatic carbocycles. The van der Waals surface area contributed by atoms with Gasteiger partial charge in [0, 0.05) is 24.7 Å². The van der Waals surface area contributed by atoms with Gasteiger partial charge in [-0.15, -0.1) is 0 Å². The molecule has 0 aromatic heterocycles. The number of rotatable bonds is 7. The van der Waals surface area contributed by atoms with Gasteiger partial charge in [-0.2, -0.15) is 0 Å². The van der Waals surface area contributed by atoms with Gasteiger partial charge in [0.05, 0.1) is 12.1 Å². The predicted octanol–water partition coefficient (Wildman–Crippen LogP) is 4.13. The second-order valence-corrected chi connectivity index (χ2v) is 9.94. The number of piperidine rings is 1. The fraction of sp³-hybridized carbons (Fsp3) is 0.600. The third-order valence-corrected chi connectivity index (χ3v) is 7.12. The summed E-state index contributed by atoms with van der Waals surface area (Å²) in [5.41, 5.74) is 5.27. The van der Waals surface area contributed by atoms with Crippen molar-refractivity contribution in [1.29, 1.82) is 0 Å². The van der Waals surface area contributed by atoms with E-state index in [9.17, 15) is 9.59 Å². The smallest absolute Gasteiger partial charge is 0.271 e. The molecule has 7 heteroatoms. The van der Waals surface area contributed by atoms with Crippen molar-refractivity contribution in [2.24, 2.45) is 5.92 Å². The number of carbonyl (C=O) groups is 2. The third kappa shape index (κ3) is 5.12. The molecule has 0 aliphatic carbocycles. The number of piperazine rings is 1. The zero-order chi connectivity index (χ0) is 22.7. The summed E-state index contributed by atoms with van der Waals surface area (Å²) in [4.78, 5) is 30.1. The molecule has 3 aliphatic heterocycles. The number of fused-ring (bicyclic) bond motifs is 1. The van der Waals surface area contributed by atoms with E-state index in [1.165, 1.54) is 12.8 Å². The first kappa shape index (κ1) is 23.1. The summed E-state index contributed by atoms with van der Waals surface area (Å²) in [6, 6.07) is 7.82. The highest BCUT2D eigenvalue weighted by Gasteiger charge is 2.41. The van der Waals surface area contributed by atoms with Crippen LogP contribution in [0.5, 0.6) is 0 Å². The minimum Gasteiger partial charge on any atom is -0.341 e. The Labute approximate surface area is 196 Å². The highest BCUT2D eigenvalue weighted by molar-refractivity contribution is 6.30. The maximum atomic E-state index is 13.4. The van der Waals surface area contributed by atoms with Gasteiger partial charge in [-0.25, -0.2) is 5.43 Å². The van der Waals surface area contributed by atoms with Gasteiger partial charge < -0.3 is 9.80 Å². The number of hydrazine groups is 1. The third-order valence-electron chi connectivity index (χ3n) is 6.87. The molecule has 1 aromatic rings. The lowest BCUT2D eigenvalue weighted by molar-refractivity contribution is -0.143. The summed E-state index contributed by atoms with van der Waals surface area (Å²) in [5, 5.41) is 2.75. The van der Waals surface area contributed by atoms with Crippen LogP contribution in [0.4, 0.5) is 0 Å². The van der Waals surface area contributed by atoms with Crippen LogP contribution in [0, 0.1) is 5.92 Å².